The molecule has 1 atom stereocenters. The minimum atomic E-state index is -3.80. The van der Waals surface area contributed by atoms with Crippen LogP contribution in [0.5, 0.6) is 0 Å². The number of carbonyl (C=O) groups excluding carboxylic acids is 1. The molecule has 0 saturated carbocycles. The zero-order valence-electron chi connectivity index (χ0n) is 16.3. The first-order chi connectivity index (χ1) is 13.9. The summed E-state index contributed by atoms with van der Waals surface area (Å²) >= 11 is 0. The van der Waals surface area contributed by atoms with Crippen molar-refractivity contribution in [2.45, 2.75) is 24.8 Å². The molecule has 0 heterocycles. The van der Waals surface area contributed by atoms with E-state index >= 15 is 0 Å². The van der Waals surface area contributed by atoms with Crippen LogP contribution < -0.4 is 4.72 Å². The van der Waals surface area contributed by atoms with E-state index in [9.17, 15) is 13.2 Å². The Hall–Kier alpha value is -2.96. The predicted molar refractivity (Wildman–Crippen MR) is 114 cm³/mol. The van der Waals surface area contributed by atoms with E-state index < -0.39 is 22.0 Å². The molecule has 150 valence electrons. The van der Waals surface area contributed by atoms with Crippen LogP contribution in [0.2, 0.25) is 0 Å². The van der Waals surface area contributed by atoms with Gasteiger partial charge in [-0.05, 0) is 48.4 Å². The van der Waals surface area contributed by atoms with Gasteiger partial charge in [0.25, 0.3) is 0 Å². The third-order valence-electron chi connectivity index (χ3n) is 4.50. The molecular formula is C23H23NO4S. The third kappa shape index (κ3) is 5.31. The van der Waals surface area contributed by atoms with Gasteiger partial charge in [-0.25, -0.2) is 17.9 Å². The Morgan fingerprint density at radius 3 is 2.41 bits per heavy atom. The molecule has 5 nitrogen and oxygen atoms in total. The fourth-order valence-corrected chi connectivity index (χ4v) is 4.15. The van der Waals surface area contributed by atoms with Crippen LogP contribution in [0.25, 0.3) is 10.8 Å². The van der Waals surface area contributed by atoms with Crippen LogP contribution in [0.4, 0.5) is 0 Å². The van der Waals surface area contributed by atoms with Gasteiger partial charge in [0.15, 0.2) is 0 Å². The standard InChI is InChI=1S/C23H23NO4S/c1-3-6-23(25)28-16-22(20-12-11-18-7-4-5-8-19(18)15-20)24-29(26,27)21-13-9-17(2)10-14-21/h3-15,22,24H,16H2,1-2H3/b6-3+. The lowest BCUT2D eigenvalue weighted by Crippen LogP contribution is -2.32. The Kier molecular flexibility index (Phi) is 6.46. The van der Waals surface area contributed by atoms with E-state index in [1.54, 1.807) is 37.3 Å². The maximum Gasteiger partial charge on any atom is 0.330 e. The molecule has 1 unspecified atom stereocenters. The summed E-state index contributed by atoms with van der Waals surface area (Å²) in [6.45, 7) is 3.48. The lowest BCUT2D eigenvalue weighted by atomic mass is 10.0. The quantitative estimate of drug-likeness (QED) is 0.467. The Labute approximate surface area is 171 Å². The second-order valence-electron chi connectivity index (χ2n) is 6.72. The van der Waals surface area contributed by atoms with E-state index in [-0.39, 0.29) is 11.5 Å². The van der Waals surface area contributed by atoms with Gasteiger partial charge < -0.3 is 4.74 Å². The molecule has 6 heteroatoms. The van der Waals surface area contributed by atoms with Crippen LogP contribution in [0.1, 0.15) is 24.1 Å². The summed E-state index contributed by atoms with van der Waals surface area (Å²) in [5, 5.41) is 2.02. The smallest absolute Gasteiger partial charge is 0.330 e. The fourth-order valence-electron chi connectivity index (χ4n) is 2.95. The highest BCUT2D eigenvalue weighted by molar-refractivity contribution is 7.89. The SMILES string of the molecule is C/C=C/C(=O)OCC(NS(=O)(=O)c1ccc(C)cc1)c1ccc2ccccc2c1. The van der Waals surface area contributed by atoms with E-state index in [0.717, 1.165) is 16.3 Å². The zero-order valence-corrected chi connectivity index (χ0v) is 17.1. The van der Waals surface area contributed by atoms with Crippen molar-refractivity contribution in [2.24, 2.45) is 0 Å². The van der Waals surface area contributed by atoms with Gasteiger partial charge in [0.2, 0.25) is 10.0 Å². The van der Waals surface area contributed by atoms with E-state index in [4.69, 9.17) is 4.74 Å². The summed E-state index contributed by atoms with van der Waals surface area (Å²) in [6, 6.07) is 19.3. The number of aryl methyl sites for hydroxylation is 1. The molecule has 29 heavy (non-hydrogen) atoms. The van der Waals surface area contributed by atoms with Gasteiger partial charge >= 0.3 is 5.97 Å². The molecule has 0 fully saturated rings. The monoisotopic (exact) mass is 409 g/mol. The lowest BCUT2D eigenvalue weighted by molar-refractivity contribution is -0.138. The van der Waals surface area contributed by atoms with Crippen LogP contribution >= 0.6 is 0 Å². The Balaban J connectivity index is 1.93. The molecule has 0 aliphatic heterocycles. The first-order valence-electron chi connectivity index (χ1n) is 9.26. The van der Waals surface area contributed by atoms with E-state index in [1.165, 1.54) is 6.08 Å². The van der Waals surface area contributed by atoms with Crippen molar-refractivity contribution in [3.63, 3.8) is 0 Å². The Morgan fingerprint density at radius 1 is 1.03 bits per heavy atom. The number of rotatable bonds is 7. The number of carbonyl (C=O) groups is 1. The summed E-state index contributed by atoms with van der Waals surface area (Å²) in [6.07, 6.45) is 2.87. The molecular weight excluding hydrogens is 386 g/mol. The molecule has 0 bridgehead atoms. The molecule has 3 rings (SSSR count). The predicted octanol–water partition coefficient (Wildman–Crippen LogP) is 4.29. The average Bonchev–Trinajstić information content (AvgIpc) is 2.71. The minimum absolute atomic E-state index is 0.118. The maximum atomic E-state index is 12.9. The highest BCUT2D eigenvalue weighted by Crippen LogP contribution is 2.23. The number of nitrogens with one attached hydrogen (secondary N) is 1. The normalized spacial score (nSPS) is 12.9. The summed E-state index contributed by atoms with van der Waals surface area (Å²) in [5.74, 6) is -0.521. The number of fused-ring (bicyclic) bond motifs is 1. The second-order valence-corrected chi connectivity index (χ2v) is 8.44. The number of benzene rings is 3. The van der Waals surface area contributed by atoms with Crippen LogP contribution in [0.15, 0.2) is 83.8 Å². The number of hydrogen-bond acceptors (Lipinski definition) is 4. The van der Waals surface area contributed by atoms with Gasteiger partial charge in [0.05, 0.1) is 10.9 Å². The Bertz CT molecular complexity index is 1140. The van der Waals surface area contributed by atoms with E-state index in [0.29, 0.717) is 5.56 Å². The second kappa shape index (κ2) is 9.03. The molecule has 0 aliphatic rings. The van der Waals surface area contributed by atoms with Gasteiger partial charge in [-0.1, -0.05) is 60.2 Å². The highest BCUT2D eigenvalue weighted by Gasteiger charge is 2.23. The van der Waals surface area contributed by atoms with Crippen molar-refractivity contribution in [2.75, 3.05) is 6.61 Å². The van der Waals surface area contributed by atoms with Crippen LogP contribution in [0, 0.1) is 6.92 Å². The van der Waals surface area contributed by atoms with Gasteiger partial charge in [0, 0.05) is 6.08 Å². The first kappa shape index (κ1) is 20.8. The van der Waals surface area contributed by atoms with Crippen molar-refractivity contribution in [3.8, 4) is 0 Å². The van der Waals surface area contributed by atoms with E-state index in [2.05, 4.69) is 4.72 Å². The van der Waals surface area contributed by atoms with Crippen LogP contribution in [0.3, 0.4) is 0 Å². The third-order valence-corrected chi connectivity index (χ3v) is 5.99. The number of hydrogen-bond donors (Lipinski definition) is 1. The summed E-state index contributed by atoms with van der Waals surface area (Å²) < 4.78 is 33.7. The van der Waals surface area contributed by atoms with Crippen molar-refractivity contribution in [1.82, 2.24) is 4.72 Å². The summed E-state index contributed by atoms with van der Waals surface area (Å²) in [4.78, 5) is 11.9. The molecule has 1 N–H and O–H groups in total. The zero-order chi connectivity index (χ0) is 20.9. The van der Waals surface area contributed by atoms with Crippen molar-refractivity contribution in [3.05, 3.63) is 90.0 Å². The number of allylic oxidation sites excluding steroid dienone is 1. The van der Waals surface area contributed by atoms with Gasteiger partial charge in [0.1, 0.15) is 6.61 Å². The molecule has 3 aromatic carbocycles. The summed E-state index contributed by atoms with van der Waals surface area (Å²) in [7, 11) is -3.80. The van der Waals surface area contributed by atoms with Gasteiger partial charge in [-0.2, -0.15) is 0 Å². The van der Waals surface area contributed by atoms with E-state index in [1.807, 2.05) is 49.4 Å². The minimum Gasteiger partial charge on any atom is -0.460 e. The number of sulfonamides is 1. The molecule has 3 aromatic rings. The lowest BCUT2D eigenvalue weighted by Gasteiger charge is -2.19. The van der Waals surface area contributed by atoms with Gasteiger partial charge in [-0.3, -0.25) is 0 Å². The molecule has 0 radical (unpaired) electrons. The van der Waals surface area contributed by atoms with Crippen LogP contribution in [-0.2, 0) is 19.6 Å². The van der Waals surface area contributed by atoms with Crippen molar-refractivity contribution >= 4 is 26.8 Å². The molecule has 0 saturated heterocycles. The average molecular weight is 410 g/mol. The molecule has 0 aliphatic carbocycles. The van der Waals surface area contributed by atoms with Gasteiger partial charge in [-0.15, -0.1) is 0 Å². The van der Waals surface area contributed by atoms with Crippen molar-refractivity contribution < 1.29 is 17.9 Å². The summed E-state index contributed by atoms with van der Waals surface area (Å²) in [5.41, 5.74) is 1.68. The van der Waals surface area contributed by atoms with Crippen LogP contribution in [-0.4, -0.2) is 21.0 Å². The number of esters is 1. The largest absolute Gasteiger partial charge is 0.460 e. The number of ether oxygens (including phenoxy) is 1. The molecule has 0 amide bonds. The highest BCUT2D eigenvalue weighted by atomic mass is 32.2. The first-order valence-corrected chi connectivity index (χ1v) is 10.7. The fraction of sp³-hybridized carbons (Fsp3) is 0.174. The topological polar surface area (TPSA) is 72.5 Å². The molecule has 0 spiro atoms. The molecule has 0 aromatic heterocycles. The maximum absolute atomic E-state index is 12.9. The Morgan fingerprint density at radius 2 is 1.72 bits per heavy atom. The van der Waals surface area contributed by atoms with Crippen molar-refractivity contribution in [1.29, 1.82) is 0 Å².